The Morgan fingerprint density at radius 1 is 1.39 bits per heavy atom. The molecule has 1 amide bonds. The second-order valence-corrected chi connectivity index (χ2v) is 4.95. The normalized spacial score (nSPS) is 20.8. The van der Waals surface area contributed by atoms with Gasteiger partial charge in [0.15, 0.2) is 0 Å². The van der Waals surface area contributed by atoms with Gasteiger partial charge in [0.1, 0.15) is 5.15 Å². The van der Waals surface area contributed by atoms with E-state index in [-0.39, 0.29) is 11.9 Å². The lowest BCUT2D eigenvalue weighted by Gasteiger charge is -2.20. The van der Waals surface area contributed by atoms with E-state index in [9.17, 15) is 4.79 Å². The SMILES string of the molecule is O=C(Nc1ccnc(Cl)c1)C1CCCCCCN1. The largest absolute Gasteiger partial charge is 0.325 e. The molecule has 1 aliphatic rings. The molecule has 0 saturated carbocycles. The van der Waals surface area contributed by atoms with Crippen LogP contribution < -0.4 is 10.6 Å². The molecule has 18 heavy (non-hydrogen) atoms. The molecular weight excluding hydrogens is 250 g/mol. The fraction of sp³-hybridized carbons (Fsp3) is 0.538. The van der Waals surface area contributed by atoms with Gasteiger partial charge in [-0.15, -0.1) is 0 Å². The quantitative estimate of drug-likeness (QED) is 0.810. The van der Waals surface area contributed by atoms with E-state index >= 15 is 0 Å². The molecule has 1 aliphatic heterocycles. The summed E-state index contributed by atoms with van der Waals surface area (Å²) in [6.45, 7) is 0.912. The zero-order chi connectivity index (χ0) is 12.8. The van der Waals surface area contributed by atoms with Crippen molar-refractivity contribution >= 4 is 23.2 Å². The van der Waals surface area contributed by atoms with Gasteiger partial charge in [-0.05, 0) is 31.5 Å². The number of carbonyl (C=O) groups excluding carboxylic acids is 1. The van der Waals surface area contributed by atoms with Crippen LogP contribution >= 0.6 is 11.6 Å². The highest BCUT2D eigenvalue weighted by Crippen LogP contribution is 2.14. The fourth-order valence-corrected chi connectivity index (χ4v) is 2.31. The van der Waals surface area contributed by atoms with E-state index in [1.54, 1.807) is 18.3 Å². The molecule has 1 fully saturated rings. The van der Waals surface area contributed by atoms with Crippen molar-refractivity contribution in [3.05, 3.63) is 23.5 Å². The van der Waals surface area contributed by atoms with Crippen LogP contribution in [0.1, 0.15) is 32.1 Å². The number of nitrogens with zero attached hydrogens (tertiary/aromatic N) is 1. The second kappa shape index (κ2) is 6.71. The van der Waals surface area contributed by atoms with E-state index in [4.69, 9.17) is 11.6 Å². The molecule has 2 N–H and O–H groups in total. The number of pyridine rings is 1. The lowest BCUT2D eigenvalue weighted by Crippen LogP contribution is -2.41. The van der Waals surface area contributed by atoms with Crippen LogP contribution in [-0.2, 0) is 4.79 Å². The van der Waals surface area contributed by atoms with Crippen molar-refractivity contribution in [2.75, 3.05) is 11.9 Å². The molecule has 0 spiro atoms. The van der Waals surface area contributed by atoms with E-state index in [1.807, 2.05) is 0 Å². The summed E-state index contributed by atoms with van der Waals surface area (Å²) >= 11 is 5.78. The third-order valence-corrected chi connectivity index (χ3v) is 3.33. The second-order valence-electron chi connectivity index (χ2n) is 4.57. The Morgan fingerprint density at radius 2 is 2.22 bits per heavy atom. The third-order valence-electron chi connectivity index (χ3n) is 3.12. The smallest absolute Gasteiger partial charge is 0.241 e. The van der Waals surface area contributed by atoms with E-state index < -0.39 is 0 Å². The topological polar surface area (TPSA) is 54.0 Å². The molecular formula is C13H18ClN3O. The fourth-order valence-electron chi connectivity index (χ4n) is 2.14. The summed E-state index contributed by atoms with van der Waals surface area (Å²) in [5, 5.41) is 6.56. The Bertz CT molecular complexity index is 403. The molecule has 0 aliphatic carbocycles. The third kappa shape index (κ3) is 3.96. The van der Waals surface area contributed by atoms with Crippen LogP contribution in [0.25, 0.3) is 0 Å². The van der Waals surface area contributed by atoms with Crippen LogP contribution in [-0.4, -0.2) is 23.5 Å². The van der Waals surface area contributed by atoms with Gasteiger partial charge in [-0.1, -0.05) is 30.9 Å². The zero-order valence-corrected chi connectivity index (χ0v) is 11.0. The maximum atomic E-state index is 12.1. The summed E-state index contributed by atoms with van der Waals surface area (Å²) in [6, 6.07) is 3.30. The van der Waals surface area contributed by atoms with Crippen LogP contribution in [0, 0.1) is 0 Å². The van der Waals surface area contributed by atoms with Crippen LogP contribution in [0.3, 0.4) is 0 Å². The maximum absolute atomic E-state index is 12.1. The van der Waals surface area contributed by atoms with Gasteiger partial charge < -0.3 is 10.6 Å². The monoisotopic (exact) mass is 267 g/mol. The molecule has 2 heterocycles. The van der Waals surface area contributed by atoms with Gasteiger partial charge in [0.2, 0.25) is 5.91 Å². The first-order valence-corrected chi connectivity index (χ1v) is 6.79. The Kier molecular flexibility index (Phi) is 4.96. The summed E-state index contributed by atoms with van der Waals surface area (Å²) in [6.07, 6.45) is 7.19. The lowest BCUT2D eigenvalue weighted by molar-refractivity contribution is -0.118. The lowest BCUT2D eigenvalue weighted by atomic mass is 10.0. The van der Waals surface area contributed by atoms with Crippen LogP contribution in [0.2, 0.25) is 5.15 Å². The number of nitrogens with one attached hydrogen (secondary N) is 2. The molecule has 0 bridgehead atoms. The van der Waals surface area contributed by atoms with Gasteiger partial charge in [0, 0.05) is 11.9 Å². The Morgan fingerprint density at radius 3 is 3.06 bits per heavy atom. The number of amides is 1. The minimum atomic E-state index is -0.0998. The Hall–Kier alpha value is -1.13. The van der Waals surface area contributed by atoms with Gasteiger partial charge in [-0.25, -0.2) is 4.98 Å². The standard InChI is InChI=1S/C13H18ClN3O/c14-12-9-10(6-8-16-12)17-13(18)11-5-3-1-2-4-7-15-11/h6,8-9,11,15H,1-5,7H2,(H,16,17,18). The number of halogens is 1. The first kappa shape index (κ1) is 13.3. The average Bonchev–Trinajstić information content (AvgIpc) is 2.28. The van der Waals surface area contributed by atoms with Gasteiger partial charge in [-0.2, -0.15) is 0 Å². The van der Waals surface area contributed by atoms with E-state index in [1.165, 1.54) is 12.8 Å². The Balaban J connectivity index is 1.93. The molecule has 1 aromatic heterocycles. The number of hydrogen-bond acceptors (Lipinski definition) is 3. The Labute approximate surface area is 112 Å². The average molecular weight is 268 g/mol. The summed E-state index contributed by atoms with van der Waals surface area (Å²) in [7, 11) is 0. The van der Waals surface area contributed by atoms with Gasteiger partial charge in [-0.3, -0.25) is 4.79 Å². The van der Waals surface area contributed by atoms with Crippen molar-refractivity contribution in [1.82, 2.24) is 10.3 Å². The number of hydrogen-bond donors (Lipinski definition) is 2. The molecule has 98 valence electrons. The number of carbonyl (C=O) groups is 1. The van der Waals surface area contributed by atoms with E-state index in [0.29, 0.717) is 10.8 Å². The summed E-state index contributed by atoms with van der Waals surface area (Å²) in [4.78, 5) is 16.0. The summed E-state index contributed by atoms with van der Waals surface area (Å²) in [5.41, 5.74) is 0.698. The molecule has 1 saturated heterocycles. The van der Waals surface area contributed by atoms with Crippen molar-refractivity contribution in [1.29, 1.82) is 0 Å². The number of aromatic nitrogens is 1. The van der Waals surface area contributed by atoms with Crippen LogP contribution in [0.4, 0.5) is 5.69 Å². The summed E-state index contributed by atoms with van der Waals surface area (Å²) < 4.78 is 0. The van der Waals surface area contributed by atoms with Crippen molar-refractivity contribution < 1.29 is 4.79 Å². The molecule has 0 aromatic carbocycles. The maximum Gasteiger partial charge on any atom is 0.241 e. The highest BCUT2D eigenvalue weighted by Gasteiger charge is 2.18. The summed E-state index contributed by atoms with van der Waals surface area (Å²) in [5.74, 6) is 0.0131. The van der Waals surface area contributed by atoms with Crippen LogP contribution in [0.5, 0.6) is 0 Å². The number of anilines is 1. The van der Waals surface area contributed by atoms with Crippen molar-refractivity contribution in [2.24, 2.45) is 0 Å². The van der Waals surface area contributed by atoms with Crippen molar-refractivity contribution in [3.63, 3.8) is 0 Å². The minimum Gasteiger partial charge on any atom is -0.325 e. The molecule has 4 nitrogen and oxygen atoms in total. The minimum absolute atomic E-state index is 0.0131. The number of rotatable bonds is 2. The molecule has 0 radical (unpaired) electrons. The first-order valence-electron chi connectivity index (χ1n) is 6.41. The molecule has 1 unspecified atom stereocenters. The molecule has 1 atom stereocenters. The molecule has 5 heteroatoms. The van der Waals surface area contributed by atoms with E-state index in [2.05, 4.69) is 15.6 Å². The van der Waals surface area contributed by atoms with Crippen LogP contribution in [0.15, 0.2) is 18.3 Å². The van der Waals surface area contributed by atoms with Gasteiger partial charge in [0.05, 0.1) is 6.04 Å². The van der Waals surface area contributed by atoms with Crippen molar-refractivity contribution in [3.8, 4) is 0 Å². The first-order chi connectivity index (χ1) is 8.75. The van der Waals surface area contributed by atoms with Gasteiger partial charge >= 0.3 is 0 Å². The predicted molar refractivity (Wildman–Crippen MR) is 72.8 cm³/mol. The zero-order valence-electron chi connectivity index (χ0n) is 10.3. The van der Waals surface area contributed by atoms with Crippen molar-refractivity contribution in [2.45, 2.75) is 38.1 Å². The van der Waals surface area contributed by atoms with Gasteiger partial charge in [0.25, 0.3) is 0 Å². The highest BCUT2D eigenvalue weighted by molar-refractivity contribution is 6.29. The molecule has 1 aromatic rings. The predicted octanol–water partition coefficient (Wildman–Crippen LogP) is 2.60. The van der Waals surface area contributed by atoms with E-state index in [0.717, 1.165) is 25.8 Å². The highest BCUT2D eigenvalue weighted by atomic mass is 35.5. The molecule has 2 rings (SSSR count).